The Hall–Kier alpha value is -1.39. The van der Waals surface area contributed by atoms with Gasteiger partial charge in [-0.25, -0.2) is 0 Å². The van der Waals surface area contributed by atoms with Gasteiger partial charge >= 0.3 is 18.4 Å². The largest absolute Gasteiger partial charge is 0.481 e. The van der Waals surface area contributed by atoms with E-state index in [9.17, 15) is 14.4 Å². The van der Waals surface area contributed by atoms with Gasteiger partial charge in [0.15, 0.2) is 0 Å². The lowest BCUT2D eigenvalue weighted by Gasteiger charge is -2.00. The molecule has 92 valence electrons. The van der Waals surface area contributed by atoms with Crippen molar-refractivity contribution in [3.05, 3.63) is 0 Å². The van der Waals surface area contributed by atoms with Crippen molar-refractivity contribution in [2.24, 2.45) is 0 Å². The summed E-state index contributed by atoms with van der Waals surface area (Å²) in [6.45, 7) is 0.147. The molecule has 5 nitrogen and oxygen atoms in total. The van der Waals surface area contributed by atoms with Crippen molar-refractivity contribution in [1.29, 1.82) is 0 Å². The molecule has 0 aromatic carbocycles. The number of carbonyl (C=O) groups excluding carboxylic acids is 2. The van der Waals surface area contributed by atoms with Crippen LogP contribution in [-0.4, -0.2) is 23.5 Å². The number of carbonyl (C=O) groups is 3. The van der Waals surface area contributed by atoms with Crippen LogP contribution in [0.15, 0.2) is 0 Å². The van der Waals surface area contributed by atoms with E-state index in [1.807, 2.05) is 0 Å². The number of ether oxygens (including phenoxy) is 1. The van der Waals surface area contributed by atoms with Gasteiger partial charge in [-0.05, 0) is 12.8 Å². The standard InChI is InChI=1S/C11H18O5/c12-9-16-11(15)8-6-4-2-1-3-5-7-10(13)14/h9H,1-8H2,(H,13,14). The zero-order chi connectivity index (χ0) is 12.2. The van der Waals surface area contributed by atoms with Crippen molar-refractivity contribution in [2.45, 2.75) is 51.4 Å². The van der Waals surface area contributed by atoms with Crippen LogP contribution in [0.25, 0.3) is 0 Å². The quantitative estimate of drug-likeness (QED) is 0.268. The van der Waals surface area contributed by atoms with Crippen LogP contribution in [0.2, 0.25) is 0 Å². The zero-order valence-electron chi connectivity index (χ0n) is 9.31. The van der Waals surface area contributed by atoms with Crippen LogP contribution in [0.5, 0.6) is 0 Å². The van der Waals surface area contributed by atoms with Gasteiger partial charge in [-0.15, -0.1) is 0 Å². The van der Waals surface area contributed by atoms with Crippen molar-refractivity contribution in [3.63, 3.8) is 0 Å². The summed E-state index contributed by atoms with van der Waals surface area (Å²) in [5, 5.41) is 8.39. The first kappa shape index (κ1) is 14.6. The average molecular weight is 230 g/mol. The Morgan fingerprint density at radius 2 is 1.44 bits per heavy atom. The predicted molar refractivity (Wildman–Crippen MR) is 56.7 cm³/mol. The normalized spacial score (nSPS) is 9.75. The molecule has 0 radical (unpaired) electrons. The number of aliphatic carboxylic acids is 1. The van der Waals surface area contributed by atoms with E-state index in [4.69, 9.17) is 5.11 Å². The van der Waals surface area contributed by atoms with E-state index >= 15 is 0 Å². The minimum atomic E-state index is -0.753. The van der Waals surface area contributed by atoms with E-state index in [0.717, 1.165) is 25.7 Å². The third-order valence-electron chi connectivity index (χ3n) is 2.20. The van der Waals surface area contributed by atoms with Crippen molar-refractivity contribution in [3.8, 4) is 0 Å². The first-order valence-corrected chi connectivity index (χ1v) is 5.51. The Labute approximate surface area is 94.8 Å². The molecule has 0 aliphatic heterocycles. The molecule has 0 bridgehead atoms. The summed E-state index contributed by atoms with van der Waals surface area (Å²) in [5.41, 5.74) is 0. The van der Waals surface area contributed by atoms with Crippen LogP contribution >= 0.6 is 0 Å². The number of rotatable bonds is 10. The molecule has 0 heterocycles. The summed E-state index contributed by atoms with van der Waals surface area (Å²) >= 11 is 0. The maximum Gasteiger partial charge on any atom is 0.313 e. The molecule has 0 unspecified atom stereocenters. The van der Waals surface area contributed by atoms with Crippen molar-refractivity contribution < 1.29 is 24.2 Å². The van der Waals surface area contributed by atoms with Gasteiger partial charge in [0.05, 0.1) is 0 Å². The van der Waals surface area contributed by atoms with E-state index in [0.29, 0.717) is 12.8 Å². The minimum Gasteiger partial charge on any atom is -0.481 e. The van der Waals surface area contributed by atoms with Gasteiger partial charge < -0.3 is 9.84 Å². The van der Waals surface area contributed by atoms with Gasteiger partial charge in [0.2, 0.25) is 0 Å². The monoisotopic (exact) mass is 230 g/mol. The lowest BCUT2D eigenvalue weighted by atomic mass is 10.1. The molecule has 0 spiro atoms. The lowest BCUT2D eigenvalue weighted by molar-refractivity contribution is -0.151. The fraction of sp³-hybridized carbons (Fsp3) is 0.727. The predicted octanol–water partition coefficient (Wildman–Crippen LogP) is 1.89. The summed E-state index contributed by atoms with van der Waals surface area (Å²) in [7, 11) is 0. The molecule has 5 heteroatoms. The third kappa shape index (κ3) is 10.7. The van der Waals surface area contributed by atoms with E-state index in [2.05, 4.69) is 4.74 Å². The molecule has 16 heavy (non-hydrogen) atoms. The molecule has 0 aliphatic rings. The number of esters is 1. The molecule has 0 amide bonds. The second kappa shape index (κ2) is 10.1. The molecule has 0 saturated carbocycles. The van der Waals surface area contributed by atoms with Gasteiger partial charge in [-0.2, -0.15) is 0 Å². The van der Waals surface area contributed by atoms with Gasteiger partial charge in [-0.1, -0.05) is 25.7 Å². The molecule has 0 fully saturated rings. The van der Waals surface area contributed by atoms with Crippen LogP contribution in [0.1, 0.15) is 51.4 Å². The molecular weight excluding hydrogens is 212 g/mol. The first-order valence-electron chi connectivity index (χ1n) is 5.51. The Bertz CT molecular complexity index is 224. The Morgan fingerprint density at radius 3 is 1.94 bits per heavy atom. The molecule has 0 atom stereocenters. The second-order valence-electron chi connectivity index (χ2n) is 3.60. The lowest BCUT2D eigenvalue weighted by Crippen LogP contribution is -2.01. The fourth-order valence-electron chi connectivity index (χ4n) is 1.37. The smallest absolute Gasteiger partial charge is 0.313 e. The van der Waals surface area contributed by atoms with Crippen molar-refractivity contribution in [1.82, 2.24) is 0 Å². The fourth-order valence-corrected chi connectivity index (χ4v) is 1.37. The van der Waals surface area contributed by atoms with Gasteiger partial charge in [0.25, 0.3) is 0 Å². The van der Waals surface area contributed by atoms with Crippen LogP contribution < -0.4 is 0 Å². The molecule has 0 aliphatic carbocycles. The van der Waals surface area contributed by atoms with E-state index in [-0.39, 0.29) is 19.3 Å². The second-order valence-corrected chi connectivity index (χ2v) is 3.60. The van der Waals surface area contributed by atoms with E-state index in [1.54, 1.807) is 0 Å². The maximum absolute atomic E-state index is 10.7. The van der Waals surface area contributed by atoms with Gasteiger partial charge in [0.1, 0.15) is 0 Å². The highest BCUT2D eigenvalue weighted by Gasteiger charge is 2.01. The highest BCUT2D eigenvalue weighted by molar-refractivity contribution is 5.76. The topological polar surface area (TPSA) is 80.7 Å². The Kier molecular flexibility index (Phi) is 9.26. The molecule has 0 aromatic heterocycles. The highest BCUT2D eigenvalue weighted by Crippen LogP contribution is 2.08. The van der Waals surface area contributed by atoms with Gasteiger partial charge in [0, 0.05) is 12.8 Å². The number of hydrogen-bond acceptors (Lipinski definition) is 4. The minimum absolute atomic E-state index is 0.147. The Balaban J connectivity index is 3.12. The summed E-state index contributed by atoms with van der Waals surface area (Å²) in [4.78, 5) is 30.7. The summed E-state index contributed by atoms with van der Waals surface area (Å²) in [6.07, 6.45) is 5.70. The third-order valence-corrected chi connectivity index (χ3v) is 2.20. The highest BCUT2D eigenvalue weighted by atomic mass is 16.6. The molecule has 0 aromatic rings. The molecule has 0 saturated heterocycles. The summed E-state index contributed by atoms with van der Waals surface area (Å²) in [5.74, 6) is -1.24. The van der Waals surface area contributed by atoms with Crippen LogP contribution in [0, 0.1) is 0 Å². The zero-order valence-corrected chi connectivity index (χ0v) is 9.31. The average Bonchev–Trinajstić information content (AvgIpc) is 2.22. The van der Waals surface area contributed by atoms with Crippen molar-refractivity contribution in [2.75, 3.05) is 0 Å². The first-order chi connectivity index (χ1) is 7.66. The number of hydrogen-bond donors (Lipinski definition) is 1. The molecular formula is C11H18O5. The van der Waals surface area contributed by atoms with Crippen molar-refractivity contribution >= 4 is 18.4 Å². The number of carboxylic acids is 1. The summed E-state index contributed by atoms with van der Waals surface area (Å²) in [6, 6.07) is 0. The van der Waals surface area contributed by atoms with Gasteiger partial charge in [-0.3, -0.25) is 14.4 Å². The number of unbranched alkanes of at least 4 members (excludes halogenated alkanes) is 5. The molecule has 0 rings (SSSR count). The SMILES string of the molecule is O=COC(=O)CCCCCCCCC(=O)O. The van der Waals surface area contributed by atoms with Crippen LogP contribution in [0.4, 0.5) is 0 Å². The molecule has 1 N–H and O–H groups in total. The maximum atomic E-state index is 10.7. The summed E-state index contributed by atoms with van der Waals surface area (Å²) < 4.78 is 4.13. The van der Waals surface area contributed by atoms with Crippen LogP contribution in [-0.2, 0) is 19.1 Å². The van der Waals surface area contributed by atoms with Crippen LogP contribution in [0.3, 0.4) is 0 Å². The number of carboxylic acid groups (broad SMARTS) is 1. The Morgan fingerprint density at radius 1 is 0.938 bits per heavy atom. The van der Waals surface area contributed by atoms with E-state index < -0.39 is 11.9 Å². The van der Waals surface area contributed by atoms with E-state index in [1.165, 1.54) is 0 Å².